The molecule has 3 nitrogen and oxygen atoms in total. The van der Waals surface area contributed by atoms with Gasteiger partial charge in [0.2, 0.25) is 0 Å². The molecule has 84 valence electrons. The fourth-order valence-corrected chi connectivity index (χ4v) is 2.30. The van der Waals surface area contributed by atoms with Gasteiger partial charge in [-0.3, -0.25) is 11.3 Å². The van der Waals surface area contributed by atoms with Gasteiger partial charge in [-0.15, -0.1) is 0 Å². The number of nitrogens with zero attached hydrogens (tertiary/aromatic N) is 1. The molecule has 0 aliphatic heterocycles. The van der Waals surface area contributed by atoms with Crippen molar-refractivity contribution in [2.45, 2.75) is 12.5 Å². The van der Waals surface area contributed by atoms with Gasteiger partial charge in [-0.1, -0.05) is 17.7 Å². The van der Waals surface area contributed by atoms with Crippen LogP contribution in [0.4, 0.5) is 0 Å². The second kappa shape index (κ2) is 5.41. The van der Waals surface area contributed by atoms with Crippen LogP contribution in [0, 0.1) is 0 Å². The molecular formula is C11H12ClN3S. The van der Waals surface area contributed by atoms with E-state index in [-0.39, 0.29) is 6.04 Å². The Morgan fingerprint density at radius 2 is 2.31 bits per heavy atom. The monoisotopic (exact) mass is 253 g/mol. The number of hydrogen-bond donors (Lipinski definition) is 2. The average molecular weight is 254 g/mol. The topological polar surface area (TPSA) is 50.9 Å². The van der Waals surface area contributed by atoms with Crippen molar-refractivity contribution in [2.24, 2.45) is 5.84 Å². The molecule has 0 amide bonds. The van der Waals surface area contributed by atoms with Crippen LogP contribution in [0.3, 0.4) is 0 Å². The van der Waals surface area contributed by atoms with E-state index in [1.165, 1.54) is 5.56 Å². The van der Waals surface area contributed by atoms with Gasteiger partial charge in [0, 0.05) is 6.20 Å². The Bertz CT molecular complexity index is 427. The van der Waals surface area contributed by atoms with Gasteiger partial charge in [-0.25, -0.2) is 4.98 Å². The molecule has 0 bridgehead atoms. The predicted octanol–water partition coefficient (Wildman–Crippen LogP) is 2.54. The second-order valence-electron chi connectivity index (χ2n) is 3.47. The van der Waals surface area contributed by atoms with Crippen LogP contribution >= 0.6 is 22.9 Å². The van der Waals surface area contributed by atoms with Crippen LogP contribution in [0.15, 0.2) is 35.2 Å². The molecule has 2 rings (SSSR count). The van der Waals surface area contributed by atoms with E-state index in [1.807, 2.05) is 6.07 Å². The van der Waals surface area contributed by atoms with E-state index >= 15 is 0 Å². The highest BCUT2D eigenvalue weighted by atomic mass is 35.5. The molecular weight excluding hydrogens is 242 g/mol. The third kappa shape index (κ3) is 2.80. The molecule has 0 fully saturated rings. The van der Waals surface area contributed by atoms with Crippen LogP contribution in [0.25, 0.3) is 0 Å². The standard InChI is InChI=1S/C11H12ClN3S/c12-11-2-1-9(6-14-11)10(15-13)5-8-3-4-16-7-8/h1-4,6-7,10,15H,5,13H2. The fourth-order valence-electron chi connectivity index (χ4n) is 1.51. The number of hydrazine groups is 1. The molecule has 1 atom stereocenters. The highest BCUT2D eigenvalue weighted by Gasteiger charge is 2.11. The maximum atomic E-state index is 5.74. The molecule has 0 saturated heterocycles. The van der Waals surface area contributed by atoms with E-state index in [9.17, 15) is 0 Å². The Kier molecular flexibility index (Phi) is 3.90. The first-order chi connectivity index (χ1) is 7.79. The number of nitrogens with two attached hydrogens (primary N) is 1. The van der Waals surface area contributed by atoms with Crippen LogP contribution in [0.5, 0.6) is 0 Å². The van der Waals surface area contributed by atoms with Crippen LogP contribution in [-0.2, 0) is 6.42 Å². The van der Waals surface area contributed by atoms with E-state index in [1.54, 1.807) is 23.6 Å². The van der Waals surface area contributed by atoms with Crippen molar-refractivity contribution in [3.8, 4) is 0 Å². The molecule has 2 aromatic rings. The van der Waals surface area contributed by atoms with Gasteiger partial charge < -0.3 is 0 Å². The molecule has 0 aliphatic rings. The molecule has 16 heavy (non-hydrogen) atoms. The Morgan fingerprint density at radius 1 is 1.44 bits per heavy atom. The highest BCUT2D eigenvalue weighted by molar-refractivity contribution is 7.07. The zero-order chi connectivity index (χ0) is 11.4. The first-order valence-corrected chi connectivity index (χ1v) is 6.20. The minimum atomic E-state index is 0.0689. The summed E-state index contributed by atoms with van der Waals surface area (Å²) in [5.74, 6) is 5.55. The van der Waals surface area contributed by atoms with E-state index in [2.05, 4.69) is 27.2 Å². The zero-order valence-corrected chi connectivity index (χ0v) is 10.1. The Balaban J connectivity index is 2.13. The van der Waals surface area contributed by atoms with E-state index in [0.29, 0.717) is 5.15 Å². The van der Waals surface area contributed by atoms with Gasteiger partial charge in [0.05, 0.1) is 6.04 Å². The number of thiophene rings is 1. The molecule has 1 unspecified atom stereocenters. The third-order valence-corrected chi connectivity index (χ3v) is 3.33. The summed E-state index contributed by atoms with van der Waals surface area (Å²) < 4.78 is 0. The largest absolute Gasteiger partial charge is 0.271 e. The van der Waals surface area contributed by atoms with Crippen molar-refractivity contribution in [1.82, 2.24) is 10.4 Å². The molecule has 0 spiro atoms. The molecule has 2 heterocycles. The highest BCUT2D eigenvalue weighted by Crippen LogP contribution is 2.19. The van der Waals surface area contributed by atoms with E-state index < -0.39 is 0 Å². The van der Waals surface area contributed by atoms with Gasteiger partial charge in [0.25, 0.3) is 0 Å². The van der Waals surface area contributed by atoms with Crippen molar-refractivity contribution in [3.05, 3.63) is 51.4 Å². The van der Waals surface area contributed by atoms with Gasteiger partial charge in [-0.05, 0) is 40.4 Å². The second-order valence-corrected chi connectivity index (χ2v) is 4.64. The summed E-state index contributed by atoms with van der Waals surface area (Å²) in [6, 6.07) is 5.87. The van der Waals surface area contributed by atoms with Gasteiger partial charge in [-0.2, -0.15) is 11.3 Å². The zero-order valence-electron chi connectivity index (χ0n) is 8.56. The lowest BCUT2D eigenvalue weighted by Gasteiger charge is -2.15. The quantitative estimate of drug-likeness (QED) is 0.500. The maximum absolute atomic E-state index is 5.74. The number of aromatic nitrogens is 1. The molecule has 0 aromatic carbocycles. The van der Waals surface area contributed by atoms with Crippen molar-refractivity contribution in [1.29, 1.82) is 0 Å². The van der Waals surface area contributed by atoms with Gasteiger partial charge in [0.1, 0.15) is 5.15 Å². The number of hydrogen-bond acceptors (Lipinski definition) is 4. The predicted molar refractivity (Wildman–Crippen MR) is 67.3 cm³/mol. The van der Waals surface area contributed by atoms with Crippen molar-refractivity contribution < 1.29 is 0 Å². The summed E-state index contributed by atoms with van der Waals surface area (Å²) in [5.41, 5.74) is 5.10. The van der Waals surface area contributed by atoms with Gasteiger partial charge >= 0.3 is 0 Å². The summed E-state index contributed by atoms with van der Waals surface area (Å²) in [6.45, 7) is 0. The van der Waals surface area contributed by atoms with Crippen LogP contribution < -0.4 is 11.3 Å². The lowest BCUT2D eigenvalue weighted by Crippen LogP contribution is -2.29. The van der Waals surface area contributed by atoms with Gasteiger partial charge in [0.15, 0.2) is 0 Å². The summed E-state index contributed by atoms with van der Waals surface area (Å²) in [6.07, 6.45) is 2.60. The van der Waals surface area contributed by atoms with E-state index in [4.69, 9.17) is 17.4 Å². The summed E-state index contributed by atoms with van der Waals surface area (Å²) in [5, 5.41) is 4.67. The number of halogens is 1. The molecule has 5 heteroatoms. The van der Waals surface area contributed by atoms with Crippen molar-refractivity contribution in [2.75, 3.05) is 0 Å². The molecule has 0 radical (unpaired) electrons. The lowest BCUT2D eigenvalue weighted by atomic mass is 10.0. The Hall–Kier alpha value is -0.940. The van der Waals surface area contributed by atoms with Crippen LogP contribution in [0.2, 0.25) is 5.15 Å². The molecule has 3 N–H and O–H groups in total. The maximum Gasteiger partial charge on any atom is 0.129 e. The number of rotatable bonds is 4. The first kappa shape index (κ1) is 11.5. The smallest absolute Gasteiger partial charge is 0.129 e. The average Bonchev–Trinajstić information content (AvgIpc) is 2.80. The Labute approximate surface area is 103 Å². The van der Waals surface area contributed by atoms with Crippen LogP contribution in [-0.4, -0.2) is 4.98 Å². The van der Waals surface area contributed by atoms with Crippen LogP contribution in [0.1, 0.15) is 17.2 Å². The molecule has 0 aliphatic carbocycles. The Morgan fingerprint density at radius 3 is 2.88 bits per heavy atom. The number of nitrogens with one attached hydrogen (secondary N) is 1. The number of pyridine rings is 1. The molecule has 0 saturated carbocycles. The SMILES string of the molecule is NNC(Cc1ccsc1)c1ccc(Cl)nc1. The summed E-state index contributed by atoms with van der Waals surface area (Å²) in [4.78, 5) is 4.05. The first-order valence-electron chi connectivity index (χ1n) is 4.88. The molecule has 2 aromatic heterocycles. The minimum Gasteiger partial charge on any atom is -0.271 e. The summed E-state index contributed by atoms with van der Waals surface area (Å²) >= 11 is 7.43. The fraction of sp³-hybridized carbons (Fsp3) is 0.182. The van der Waals surface area contributed by atoms with Crippen molar-refractivity contribution >= 4 is 22.9 Å². The normalized spacial score (nSPS) is 12.6. The minimum absolute atomic E-state index is 0.0689. The third-order valence-electron chi connectivity index (χ3n) is 2.37. The van der Waals surface area contributed by atoms with E-state index in [0.717, 1.165) is 12.0 Å². The summed E-state index contributed by atoms with van der Waals surface area (Å²) in [7, 11) is 0. The lowest BCUT2D eigenvalue weighted by molar-refractivity contribution is 0.551. The van der Waals surface area contributed by atoms with Crippen molar-refractivity contribution in [3.63, 3.8) is 0 Å².